The number of benzene rings is 2. The predicted molar refractivity (Wildman–Crippen MR) is 135 cm³/mol. The maximum atomic E-state index is 12.4. The largest absolute Gasteiger partial charge is 0.484 e. The number of ether oxygens (including phenoxy) is 1. The van der Waals surface area contributed by atoms with Crippen molar-refractivity contribution in [3.05, 3.63) is 71.8 Å². The van der Waals surface area contributed by atoms with E-state index in [-0.39, 0.29) is 18.6 Å². The number of carbonyl (C=O) groups excluding carboxylic acids is 1. The molecule has 35 heavy (non-hydrogen) atoms. The smallest absolute Gasteiger partial charge is 0.258 e. The van der Waals surface area contributed by atoms with Crippen molar-refractivity contribution in [2.75, 3.05) is 37.7 Å². The second-order valence-electron chi connectivity index (χ2n) is 9.40. The van der Waals surface area contributed by atoms with Crippen LogP contribution in [0, 0.1) is 0 Å². The SMILES string of the molecule is CC(NC(=O)COc1ccccc1)c1nnc2n1CCN(Cc1ccc(N3CCCC3)cc1)CC2. The van der Waals surface area contributed by atoms with Gasteiger partial charge in [0.15, 0.2) is 12.4 Å². The third-order valence-corrected chi connectivity index (χ3v) is 6.84. The molecule has 1 amide bonds. The minimum atomic E-state index is -0.243. The Labute approximate surface area is 206 Å². The van der Waals surface area contributed by atoms with Gasteiger partial charge in [0.1, 0.15) is 11.6 Å². The first-order chi connectivity index (χ1) is 17.2. The fourth-order valence-electron chi connectivity index (χ4n) is 4.93. The van der Waals surface area contributed by atoms with Gasteiger partial charge in [-0.1, -0.05) is 30.3 Å². The molecule has 1 fully saturated rings. The summed E-state index contributed by atoms with van der Waals surface area (Å²) < 4.78 is 7.73. The molecular weight excluding hydrogens is 440 g/mol. The minimum Gasteiger partial charge on any atom is -0.484 e. The maximum absolute atomic E-state index is 12.4. The van der Waals surface area contributed by atoms with Crippen LogP contribution in [0.1, 0.15) is 43.0 Å². The van der Waals surface area contributed by atoms with Crippen LogP contribution in [0.4, 0.5) is 5.69 Å². The van der Waals surface area contributed by atoms with Crippen LogP contribution in [0.25, 0.3) is 0 Å². The van der Waals surface area contributed by atoms with Gasteiger partial charge in [-0.3, -0.25) is 9.69 Å². The lowest BCUT2D eigenvalue weighted by Gasteiger charge is -2.21. The first-order valence-electron chi connectivity index (χ1n) is 12.6. The lowest BCUT2D eigenvalue weighted by Crippen LogP contribution is -2.33. The number of fused-ring (bicyclic) bond motifs is 1. The number of hydrogen-bond donors (Lipinski definition) is 1. The van der Waals surface area contributed by atoms with E-state index in [4.69, 9.17) is 4.74 Å². The number of hydrogen-bond acceptors (Lipinski definition) is 6. The molecule has 8 heteroatoms. The fraction of sp³-hybridized carbons (Fsp3) is 0.444. The zero-order valence-corrected chi connectivity index (χ0v) is 20.4. The van der Waals surface area contributed by atoms with E-state index < -0.39 is 0 Å². The number of rotatable bonds is 8. The van der Waals surface area contributed by atoms with E-state index in [9.17, 15) is 4.79 Å². The number of amides is 1. The Bertz CT molecular complexity index is 1110. The molecule has 0 radical (unpaired) electrons. The number of anilines is 1. The summed E-state index contributed by atoms with van der Waals surface area (Å²) >= 11 is 0. The lowest BCUT2D eigenvalue weighted by molar-refractivity contribution is -0.123. The second-order valence-corrected chi connectivity index (χ2v) is 9.40. The van der Waals surface area contributed by atoms with Crippen LogP contribution in [0.15, 0.2) is 54.6 Å². The zero-order valence-electron chi connectivity index (χ0n) is 20.4. The molecule has 1 N–H and O–H groups in total. The Kier molecular flexibility index (Phi) is 7.28. The van der Waals surface area contributed by atoms with E-state index in [1.807, 2.05) is 37.3 Å². The van der Waals surface area contributed by atoms with Gasteiger partial charge in [0, 0.05) is 51.4 Å². The molecule has 5 rings (SSSR count). The highest BCUT2D eigenvalue weighted by molar-refractivity contribution is 5.77. The van der Waals surface area contributed by atoms with Crippen molar-refractivity contribution in [3.63, 3.8) is 0 Å². The molecule has 0 spiro atoms. The molecule has 184 valence electrons. The summed E-state index contributed by atoms with van der Waals surface area (Å²) in [4.78, 5) is 17.4. The van der Waals surface area contributed by atoms with Gasteiger partial charge in [-0.15, -0.1) is 10.2 Å². The molecule has 0 bridgehead atoms. The van der Waals surface area contributed by atoms with E-state index in [0.29, 0.717) is 5.75 Å². The normalized spacial score (nSPS) is 17.0. The second kappa shape index (κ2) is 10.9. The van der Waals surface area contributed by atoms with Crippen LogP contribution in [0.3, 0.4) is 0 Å². The molecule has 2 aliphatic rings. The van der Waals surface area contributed by atoms with Gasteiger partial charge in [0.2, 0.25) is 0 Å². The number of nitrogens with zero attached hydrogens (tertiary/aromatic N) is 5. The standard InChI is InChI=1S/C27H34N6O2/c1-21(28-26(34)20-35-24-7-3-2-4-8-24)27-30-29-25-13-16-31(17-18-33(25)27)19-22-9-11-23(12-10-22)32-14-5-6-15-32/h2-4,7-12,21H,5-6,13-20H2,1H3,(H,28,34). The predicted octanol–water partition coefficient (Wildman–Crippen LogP) is 3.19. The third-order valence-electron chi connectivity index (χ3n) is 6.84. The molecule has 1 aromatic heterocycles. The molecule has 1 saturated heterocycles. The number of nitrogens with one attached hydrogen (secondary N) is 1. The highest BCUT2D eigenvalue weighted by atomic mass is 16.5. The monoisotopic (exact) mass is 474 g/mol. The van der Waals surface area contributed by atoms with Crippen molar-refractivity contribution in [3.8, 4) is 5.75 Å². The molecule has 3 aromatic rings. The topological polar surface area (TPSA) is 75.5 Å². The summed E-state index contributed by atoms with van der Waals surface area (Å²) in [6, 6.07) is 18.2. The molecule has 0 aliphatic carbocycles. The van der Waals surface area contributed by atoms with Crippen LogP contribution in [-0.2, 0) is 24.3 Å². The van der Waals surface area contributed by atoms with E-state index >= 15 is 0 Å². The number of carbonyl (C=O) groups is 1. The average molecular weight is 475 g/mol. The van der Waals surface area contributed by atoms with Crippen molar-refractivity contribution in [1.29, 1.82) is 0 Å². The highest BCUT2D eigenvalue weighted by Crippen LogP contribution is 2.22. The van der Waals surface area contributed by atoms with Gasteiger partial charge < -0.3 is 19.5 Å². The Morgan fingerprint density at radius 1 is 0.971 bits per heavy atom. The van der Waals surface area contributed by atoms with Crippen molar-refractivity contribution in [2.45, 2.75) is 45.3 Å². The number of para-hydroxylation sites is 1. The molecule has 0 saturated carbocycles. The van der Waals surface area contributed by atoms with E-state index in [1.54, 1.807) is 0 Å². The highest BCUT2D eigenvalue weighted by Gasteiger charge is 2.23. The summed E-state index contributed by atoms with van der Waals surface area (Å²) in [6.07, 6.45) is 3.44. The van der Waals surface area contributed by atoms with Crippen LogP contribution < -0.4 is 15.0 Å². The lowest BCUT2D eigenvalue weighted by atomic mass is 10.2. The van der Waals surface area contributed by atoms with Crippen molar-refractivity contribution < 1.29 is 9.53 Å². The molecule has 2 aliphatic heterocycles. The first-order valence-corrected chi connectivity index (χ1v) is 12.6. The van der Waals surface area contributed by atoms with Crippen LogP contribution in [-0.4, -0.2) is 58.4 Å². The summed E-state index contributed by atoms with van der Waals surface area (Å²) in [7, 11) is 0. The Morgan fingerprint density at radius 2 is 1.74 bits per heavy atom. The van der Waals surface area contributed by atoms with Crippen LogP contribution >= 0.6 is 0 Å². The average Bonchev–Trinajstić information content (AvgIpc) is 3.52. The molecule has 8 nitrogen and oxygen atoms in total. The quantitative estimate of drug-likeness (QED) is 0.541. The van der Waals surface area contributed by atoms with Gasteiger partial charge in [0.25, 0.3) is 5.91 Å². The summed E-state index contributed by atoms with van der Waals surface area (Å²) in [5, 5.41) is 11.8. The minimum absolute atomic E-state index is 0.0281. The van der Waals surface area contributed by atoms with Gasteiger partial charge in [-0.25, -0.2) is 0 Å². The summed E-state index contributed by atoms with van der Waals surface area (Å²) in [6.45, 7) is 7.86. The molecule has 2 aromatic carbocycles. The van der Waals surface area contributed by atoms with Gasteiger partial charge in [-0.2, -0.15) is 0 Å². The Hall–Kier alpha value is -3.39. The van der Waals surface area contributed by atoms with E-state index in [2.05, 4.69) is 54.1 Å². The third kappa shape index (κ3) is 5.82. The molecule has 3 heterocycles. The van der Waals surface area contributed by atoms with E-state index in [1.165, 1.54) is 37.2 Å². The van der Waals surface area contributed by atoms with E-state index in [0.717, 1.165) is 44.2 Å². The maximum Gasteiger partial charge on any atom is 0.258 e. The van der Waals surface area contributed by atoms with Crippen LogP contribution in [0.2, 0.25) is 0 Å². The van der Waals surface area contributed by atoms with Gasteiger partial charge >= 0.3 is 0 Å². The van der Waals surface area contributed by atoms with Crippen molar-refractivity contribution in [1.82, 2.24) is 25.0 Å². The van der Waals surface area contributed by atoms with Crippen LogP contribution in [0.5, 0.6) is 5.75 Å². The summed E-state index contributed by atoms with van der Waals surface area (Å²) in [5.74, 6) is 2.28. The first kappa shape index (κ1) is 23.4. The summed E-state index contributed by atoms with van der Waals surface area (Å²) in [5.41, 5.74) is 2.67. The Balaban J connectivity index is 1.14. The Morgan fingerprint density at radius 3 is 2.51 bits per heavy atom. The molecule has 1 unspecified atom stereocenters. The molecular formula is C27H34N6O2. The molecule has 1 atom stereocenters. The van der Waals surface area contributed by atoms with Crippen molar-refractivity contribution in [2.24, 2.45) is 0 Å². The van der Waals surface area contributed by atoms with Gasteiger partial charge in [0.05, 0.1) is 6.04 Å². The number of aromatic nitrogens is 3. The van der Waals surface area contributed by atoms with Gasteiger partial charge in [-0.05, 0) is 49.6 Å². The zero-order chi connectivity index (χ0) is 24.0. The van der Waals surface area contributed by atoms with Crippen molar-refractivity contribution >= 4 is 11.6 Å². The fourth-order valence-corrected chi connectivity index (χ4v) is 4.93.